The van der Waals surface area contributed by atoms with Gasteiger partial charge in [-0.3, -0.25) is 0 Å². The zero-order chi connectivity index (χ0) is 14.8. The molecule has 0 aliphatic carbocycles. The van der Waals surface area contributed by atoms with Crippen molar-refractivity contribution < 1.29 is 13.7 Å². The lowest BCUT2D eigenvalue weighted by molar-refractivity contribution is 0.386. The largest absolute Gasteiger partial charge is 0.494 e. The molecule has 0 saturated heterocycles. The molecule has 0 aliphatic rings. The molecule has 2 aromatic carbocycles. The van der Waals surface area contributed by atoms with E-state index in [1.165, 1.54) is 19.2 Å². The van der Waals surface area contributed by atoms with Crippen LogP contribution in [0.4, 0.5) is 10.1 Å². The van der Waals surface area contributed by atoms with Crippen molar-refractivity contribution in [3.05, 3.63) is 48.3 Å². The molecule has 0 aliphatic heterocycles. The van der Waals surface area contributed by atoms with Gasteiger partial charge in [0.2, 0.25) is 5.82 Å². The molecule has 0 spiro atoms. The van der Waals surface area contributed by atoms with E-state index >= 15 is 0 Å². The van der Waals surface area contributed by atoms with Crippen molar-refractivity contribution in [3.8, 4) is 28.6 Å². The molecule has 0 atom stereocenters. The number of aromatic nitrogens is 2. The number of nitrogens with two attached hydrogens (primary N) is 1. The highest BCUT2D eigenvalue weighted by Crippen LogP contribution is 2.27. The van der Waals surface area contributed by atoms with E-state index in [4.69, 9.17) is 15.0 Å². The monoisotopic (exact) mass is 285 g/mol. The lowest BCUT2D eigenvalue weighted by Crippen LogP contribution is -1.89. The number of anilines is 1. The van der Waals surface area contributed by atoms with Crippen LogP contribution in [-0.4, -0.2) is 17.3 Å². The van der Waals surface area contributed by atoms with E-state index in [9.17, 15) is 4.39 Å². The van der Waals surface area contributed by atoms with Crippen LogP contribution in [0.15, 0.2) is 47.0 Å². The second-order valence-electron chi connectivity index (χ2n) is 4.39. The molecule has 0 bridgehead atoms. The van der Waals surface area contributed by atoms with Gasteiger partial charge in [0.05, 0.1) is 7.11 Å². The second-order valence-corrected chi connectivity index (χ2v) is 4.39. The lowest BCUT2D eigenvalue weighted by Gasteiger charge is -2.02. The number of halogens is 1. The van der Waals surface area contributed by atoms with Gasteiger partial charge in [0.25, 0.3) is 5.89 Å². The summed E-state index contributed by atoms with van der Waals surface area (Å²) >= 11 is 0. The highest BCUT2D eigenvalue weighted by atomic mass is 19.1. The van der Waals surface area contributed by atoms with Crippen LogP contribution in [0, 0.1) is 5.82 Å². The molecule has 0 saturated carbocycles. The lowest BCUT2D eigenvalue weighted by atomic mass is 10.2. The number of hydrogen-bond donors (Lipinski definition) is 1. The van der Waals surface area contributed by atoms with E-state index in [2.05, 4.69) is 10.1 Å². The van der Waals surface area contributed by atoms with Crippen molar-refractivity contribution in [1.82, 2.24) is 10.1 Å². The van der Waals surface area contributed by atoms with E-state index in [1.54, 1.807) is 30.3 Å². The summed E-state index contributed by atoms with van der Waals surface area (Å²) < 4.78 is 23.5. The summed E-state index contributed by atoms with van der Waals surface area (Å²) in [4.78, 5) is 4.29. The maximum absolute atomic E-state index is 13.4. The number of methoxy groups -OCH3 is 1. The molecule has 3 aromatic rings. The summed E-state index contributed by atoms with van der Waals surface area (Å²) in [6, 6.07) is 11.5. The highest BCUT2D eigenvalue weighted by Gasteiger charge is 2.13. The number of rotatable bonds is 3. The third kappa shape index (κ3) is 2.55. The fourth-order valence-electron chi connectivity index (χ4n) is 1.88. The quantitative estimate of drug-likeness (QED) is 0.748. The SMILES string of the molecule is COc1cc(-c2nc(-c3ccc(N)cc3)no2)ccc1F. The average Bonchev–Trinajstić information content (AvgIpc) is 2.98. The summed E-state index contributed by atoms with van der Waals surface area (Å²) in [6.07, 6.45) is 0. The van der Waals surface area contributed by atoms with Gasteiger partial charge in [-0.1, -0.05) is 5.16 Å². The molecule has 1 aromatic heterocycles. The fourth-order valence-corrected chi connectivity index (χ4v) is 1.88. The van der Waals surface area contributed by atoms with Crippen LogP contribution in [0.3, 0.4) is 0 Å². The summed E-state index contributed by atoms with van der Waals surface area (Å²) in [5.74, 6) is 0.410. The molecule has 21 heavy (non-hydrogen) atoms. The molecule has 0 amide bonds. The van der Waals surface area contributed by atoms with Gasteiger partial charge in [-0.2, -0.15) is 4.98 Å². The van der Waals surface area contributed by atoms with Gasteiger partial charge < -0.3 is 15.0 Å². The maximum atomic E-state index is 13.4. The Morgan fingerprint density at radius 2 is 1.81 bits per heavy atom. The Balaban J connectivity index is 1.96. The Morgan fingerprint density at radius 3 is 2.52 bits per heavy atom. The minimum atomic E-state index is -0.445. The van der Waals surface area contributed by atoms with E-state index in [1.807, 2.05) is 0 Å². The Labute approximate surface area is 120 Å². The number of benzene rings is 2. The van der Waals surface area contributed by atoms with Gasteiger partial charge >= 0.3 is 0 Å². The first kappa shape index (κ1) is 13.1. The molecule has 5 nitrogen and oxygen atoms in total. The van der Waals surface area contributed by atoms with E-state index in [0.717, 1.165) is 5.56 Å². The van der Waals surface area contributed by atoms with Crippen molar-refractivity contribution in [3.63, 3.8) is 0 Å². The summed E-state index contributed by atoms with van der Waals surface area (Å²) in [7, 11) is 1.40. The molecule has 2 N–H and O–H groups in total. The summed E-state index contributed by atoms with van der Waals surface area (Å²) in [5.41, 5.74) is 7.66. The molecular formula is C15H12FN3O2. The maximum Gasteiger partial charge on any atom is 0.258 e. The van der Waals surface area contributed by atoms with Crippen LogP contribution >= 0.6 is 0 Å². The fraction of sp³-hybridized carbons (Fsp3) is 0.0667. The zero-order valence-electron chi connectivity index (χ0n) is 11.2. The van der Waals surface area contributed by atoms with Crippen LogP contribution in [0.2, 0.25) is 0 Å². The van der Waals surface area contributed by atoms with Crippen LogP contribution in [0.25, 0.3) is 22.8 Å². The number of hydrogen-bond acceptors (Lipinski definition) is 5. The molecule has 0 radical (unpaired) electrons. The standard InChI is InChI=1S/C15H12FN3O2/c1-20-13-8-10(4-7-12(13)16)15-18-14(19-21-15)9-2-5-11(17)6-3-9/h2-8H,17H2,1H3. The van der Waals surface area contributed by atoms with Gasteiger partial charge in [-0.05, 0) is 42.5 Å². The van der Waals surface area contributed by atoms with Crippen molar-refractivity contribution >= 4 is 5.69 Å². The van der Waals surface area contributed by atoms with Gasteiger partial charge in [0, 0.05) is 16.8 Å². The van der Waals surface area contributed by atoms with Crippen LogP contribution in [0.5, 0.6) is 5.75 Å². The Hall–Kier alpha value is -2.89. The predicted molar refractivity (Wildman–Crippen MR) is 76.1 cm³/mol. The first-order valence-corrected chi connectivity index (χ1v) is 6.21. The van der Waals surface area contributed by atoms with Gasteiger partial charge in [0.1, 0.15) is 0 Å². The van der Waals surface area contributed by atoms with Crippen LogP contribution < -0.4 is 10.5 Å². The van der Waals surface area contributed by atoms with Crippen molar-refractivity contribution in [2.45, 2.75) is 0 Å². The molecule has 1 heterocycles. The van der Waals surface area contributed by atoms with Crippen molar-refractivity contribution in [2.24, 2.45) is 0 Å². The Morgan fingerprint density at radius 1 is 1.10 bits per heavy atom. The van der Waals surface area contributed by atoms with Crippen LogP contribution in [-0.2, 0) is 0 Å². The van der Waals surface area contributed by atoms with Crippen molar-refractivity contribution in [2.75, 3.05) is 12.8 Å². The third-order valence-electron chi connectivity index (χ3n) is 2.99. The second kappa shape index (κ2) is 5.24. The van der Waals surface area contributed by atoms with Crippen molar-refractivity contribution in [1.29, 1.82) is 0 Å². The Kier molecular flexibility index (Phi) is 3.27. The molecule has 0 fully saturated rings. The number of nitrogens with zero attached hydrogens (tertiary/aromatic N) is 2. The minimum absolute atomic E-state index is 0.125. The van der Waals surface area contributed by atoms with E-state index in [-0.39, 0.29) is 5.75 Å². The normalized spacial score (nSPS) is 10.6. The predicted octanol–water partition coefficient (Wildman–Crippen LogP) is 3.13. The smallest absolute Gasteiger partial charge is 0.258 e. The summed E-state index contributed by atoms with van der Waals surface area (Å²) in [5, 5.41) is 3.91. The van der Waals surface area contributed by atoms with Gasteiger partial charge in [-0.15, -0.1) is 0 Å². The molecule has 0 unspecified atom stereocenters. The minimum Gasteiger partial charge on any atom is -0.494 e. The molecule has 3 rings (SSSR count). The number of nitrogen functional groups attached to an aromatic ring is 1. The third-order valence-corrected chi connectivity index (χ3v) is 2.99. The van der Waals surface area contributed by atoms with Gasteiger partial charge in [-0.25, -0.2) is 4.39 Å². The number of ether oxygens (including phenoxy) is 1. The highest BCUT2D eigenvalue weighted by molar-refractivity contribution is 5.62. The first-order valence-electron chi connectivity index (χ1n) is 6.21. The first-order chi connectivity index (χ1) is 10.2. The van der Waals surface area contributed by atoms with E-state index in [0.29, 0.717) is 23.0 Å². The zero-order valence-corrected chi connectivity index (χ0v) is 11.2. The average molecular weight is 285 g/mol. The topological polar surface area (TPSA) is 74.2 Å². The molecule has 106 valence electrons. The van der Waals surface area contributed by atoms with E-state index < -0.39 is 5.82 Å². The Bertz CT molecular complexity index is 769. The summed E-state index contributed by atoms with van der Waals surface area (Å²) in [6.45, 7) is 0. The molecular weight excluding hydrogens is 273 g/mol. The van der Waals surface area contributed by atoms with Crippen LogP contribution in [0.1, 0.15) is 0 Å². The van der Waals surface area contributed by atoms with Gasteiger partial charge in [0.15, 0.2) is 11.6 Å². The molecule has 6 heteroatoms.